The lowest BCUT2D eigenvalue weighted by atomic mass is 10.2. The van der Waals surface area contributed by atoms with Crippen LogP contribution >= 0.6 is 22.9 Å². The van der Waals surface area contributed by atoms with Crippen LogP contribution in [0.1, 0.15) is 45.7 Å². The van der Waals surface area contributed by atoms with E-state index in [1.54, 1.807) is 18.2 Å². The van der Waals surface area contributed by atoms with Gasteiger partial charge >= 0.3 is 0 Å². The van der Waals surface area contributed by atoms with Gasteiger partial charge in [-0.05, 0) is 47.9 Å². The number of hydrogen-bond acceptors (Lipinski definition) is 5. The molecule has 2 aromatic carbocycles. The molecule has 30 heavy (non-hydrogen) atoms. The minimum absolute atomic E-state index is 0.207. The lowest BCUT2D eigenvalue weighted by Crippen LogP contribution is -2.22. The Morgan fingerprint density at radius 1 is 1.13 bits per heavy atom. The van der Waals surface area contributed by atoms with Crippen LogP contribution in [0.15, 0.2) is 48.5 Å². The molecule has 8 heteroatoms. The molecule has 3 rings (SSSR count). The molecular formula is C22H21ClFN3O2S. The van der Waals surface area contributed by atoms with Crippen LogP contribution in [0.4, 0.5) is 4.39 Å². The van der Waals surface area contributed by atoms with Crippen LogP contribution in [0.5, 0.6) is 5.75 Å². The molecule has 0 aliphatic heterocycles. The Labute approximate surface area is 183 Å². The molecule has 0 spiro atoms. The Morgan fingerprint density at radius 3 is 2.53 bits per heavy atom. The summed E-state index contributed by atoms with van der Waals surface area (Å²) < 4.78 is 18.6. The first-order chi connectivity index (χ1) is 14.5. The highest BCUT2D eigenvalue weighted by molar-refractivity contribution is 7.15. The molecule has 1 aromatic heterocycles. The third kappa shape index (κ3) is 6.37. The molecule has 0 fully saturated rings. The van der Waals surface area contributed by atoms with Crippen molar-refractivity contribution in [2.45, 2.75) is 26.3 Å². The predicted octanol–water partition coefficient (Wildman–Crippen LogP) is 5.52. The highest BCUT2D eigenvalue weighted by Gasteiger charge is 2.14. The van der Waals surface area contributed by atoms with Crippen molar-refractivity contribution in [3.8, 4) is 5.75 Å². The molecule has 0 radical (unpaired) electrons. The van der Waals surface area contributed by atoms with Gasteiger partial charge in [-0.15, -0.1) is 10.2 Å². The molecule has 0 aliphatic carbocycles. The molecular weight excluding hydrogens is 425 g/mol. The van der Waals surface area contributed by atoms with E-state index in [9.17, 15) is 9.18 Å². The monoisotopic (exact) mass is 445 g/mol. The van der Waals surface area contributed by atoms with Gasteiger partial charge in [-0.25, -0.2) is 4.39 Å². The van der Waals surface area contributed by atoms with Gasteiger partial charge in [-0.1, -0.05) is 60.5 Å². The number of halogens is 2. The second-order valence-corrected chi connectivity index (χ2v) is 7.87. The van der Waals surface area contributed by atoms with Gasteiger partial charge < -0.3 is 10.1 Å². The van der Waals surface area contributed by atoms with Crippen LogP contribution < -0.4 is 10.1 Å². The average molecular weight is 446 g/mol. The number of nitrogens with zero attached hydrogens (tertiary/aromatic N) is 2. The first-order valence-electron chi connectivity index (χ1n) is 9.51. The Kier molecular flexibility index (Phi) is 7.93. The average Bonchev–Trinajstić information content (AvgIpc) is 3.25. The summed E-state index contributed by atoms with van der Waals surface area (Å²) in [6.45, 7) is 3.08. The van der Waals surface area contributed by atoms with Crippen molar-refractivity contribution in [3.05, 3.63) is 75.5 Å². The van der Waals surface area contributed by atoms with Crippen molar-refractivity contribution < 1.29 is 13.9 Å². The lowest BCUT2D eigenvalue weighted by Gasteiger charge is -2.05. The van der Waals surface area contributed by atoms with E-state index in [1.807, 2.05) is 24.3 Å². The van der Waals surface area contributed by atoms with Crippen LogP contribution in [0.25, 0.3) is 11.1 Å². The summed E-state index contributed by atoms with van der Waals surface area (Å²) in [7, 11) is 0. The van der Waals surface area contributed by atoms with Gasteiger partial charge in [-0.3, -0.25) is 4.79 Å². The summed E-state index contributed by atoms with van der Waals surface area (Å²) in [4.78, 5) is 12.3. The number of ether oxygens (including phenoxy) is 1. The second kappa shape index (κ2) is 10.8. The number of amides is 1. The van der Waals surface area contributed by atoms with E-state index < -0.39 is 0 Å². The Hall–Kier alpha value is -2.77. The molecule has 0 saturated heterocycles. The third-order valence-corrected chi connectivity index (χ3v) is 5.49. The molecule has 5 nitrogen and oxygen atoms in total. The zero-order valence-electron chi connectivity index (χ0n) is 16.4. The molecule has 1 amide bonds. The number of rotatable bonds is 9. The number of nitrogens with one attached hydrogen (secondary N) is 1. The highest BCUT2D eigenvalue weighted by Crippen LogP contribution is 2.26. The Balaban J connectivity index is 1.58. The standard InChI is InChI=1S/C22H21ClFN3O2S/c1-2-3-12-29-18-10-6-15(7-11-18)13-19(23)21-26-27-22(30-21)20(28)25-14-16-4-8-17(24)9-5-16/h4-11,13H,2-3,12,14H2,1H3,(H,25,28)/b19-13-. The molecule has 0 atom stereocenters. The van der Waals surface area contributed by atoms with Gasteiger partial charge in [0.1, 0.15) is 11.6 Å². The van der Waals surface area contributed by atoms with E-state index in [1.165, 1.54) is 12.1 Å². The maximum atomic E-state index is 12.9. The first-order valence-corrected chi connectivity index (χ1v) is 10.7. The highest BCUT2D eigenvalue weighted by atomic mass is 35.5. The largest absolute Gasteiger partial charge is 0.494 e. The van der Waals surface area contributed by atoms with E-state index in [-0.39, 0.29) is 23.3 Å². The van der Waals surface area contributed by atoms with E-state index in [4.69, 9.17) is 16.3 Å². The SMILES string of the molecule is CCCCOc1ccc(/C=C(\Cl)c2nnc(C(=O)NCc3ccc(F)cc3)s2)cc1. The normalized spacial score (nSPS) is 11.4. The van der Waals surface area contributed by atoms with Crippen LogP contribution in [0.2, 0.25) is 0 Å². The molecule has 156 valence electrons. The predicted molar refractivity (Wildman–Crippen MR) is 118 cm³/mol. The fourth-order valence-corrected chi connectivity index (χ4v) is 3.42. The van der Waals surface area contributed by atoms with Gasteiger partial charge in [0.05, 0.1) is 11.6 Å². The van der Waals surface area contributed by atoms with Crippen molar-refractivity contribution in [1.29, 1.82) is 0 Å². The summed E-state index contributed by atoms with van der Waals surface area (Å²) in [6.07, 6.45) is 3.87. The number of benzene rings is 2. The topological polar surface area (TPSA) is 64.1 Å². The molecule has 1 heterocycles. The molecule has 1 N–H and O–H groups in total. The van der Waals surface area contributed by atoms with Crippen molar-refractivity contribution >= 4 is 40.0 Å². The number of unbranched alkanes of at least 4 members (excludes halogenated alkanes) is 1. The maximum absolute atomic E-state index is 12.9. The summed E-state index contributed by atoms with van der Waals surface area (Å²) >= 11 is 7.46. The Morgan fingerprint density at radius 2 is 1.83 bits per heavy atom. The van der Waals surface area contributed by atoms with Crippen molar-refractivity contribution in [2.75, 3.05) is 6.61 Å². The Bertz CT molecular complexity index is 1000. The molecule has 3 aromatic rings. The van der Waals surface area contributed by atoms with Gasteiger partial charge in [0.25, 0.3) is 5.91 Å². The summed E-state index contributed by atoms with van der Waals surface area (Å²) in [5.41, 5.74) is 1.68. The van der Waals surface area contributed by atoms with Crippen LogP contribution in [-0.2, 0) is 6.54 Å². The van der Waals surface area contributed by atoms with Crippen LogP contribution in [0, 0.1) is 5.82 Å². The number of carbonyl (C=O) groups is 1. The zero-order valence-corrected chi connectivity index (χ0v) is 18.0. The van der Waals surface area contributed by atoms with Gasteiger partial charge in [-0.2, -0.15) is 0 Å². The molecule has 0 unspecified atom stereocenters. The number of aromatic nitrogens is 2. The van der Waals surface area contributed by atoms with E-state index >= 15 is 0 Å². The van der Waals surface area contributed by atoms with Crippen LogP contribution in [-0.4, -0.2) is 22.7 Å². The van der Waals surface area contributed by atoms with Gasteiger partial charge in [0.15, 0.2) is 5.01 Å². The van der Waals surface area contributed by atoms with Crippen LogP contribution in [0.3, 0.4) is 0 Å². The summed E-state index contributed by atoms with van der Waals surface area (Å²) in [5, 5.41) is 11.7. The van der Waals surface area contributed by atoms with Crippen molar-refractivity contribution in [1.82, 2.24) is 15.5 Å². The maximum Gasteiger partial charge on any atom is 0.282 e. The van der Waals surface area contributed by atoms with Gasteiger partial charge in [0, 0.05) is 6.54 Å². The second-order valence-electron chi connectivity index (χ2n) is 6.48. The van der Waals surface area contributed by atoms with E-state index in [0.29, 0.717) is 16.6 Å². The van der Waals surface area contributed by atoms with Gasteiger partial charge in [0.2, 0.25) is 5.01 Å². The van der Waals surface area contributed by atoms with E-state index in [0.717, 1.165) is 41.1 Å². The third-order valence-electron chi connectivity index (χ3n) is 4.13. The van der Waals surface area contributed by atoms with E-state index in [2.05, 4.69) is 22.4 Å². The molecule has 0 saturated carbocycles. The smallest absolute Gasteiger partial charge is 0.282 e. The molecule has 0 aliphatic rings. The fourth-order valence-electron chi connectivity index (χ4n) is 2.47. The fraction of sp³-hybridized carbons (Fsp3) is 0.227. The minimum Gasteiger partial charge on any atom is -0.494 e. The van der Waals surface area contributed by atoms with Crippen molar-refractivity contribution in [3.63, 3.8) is 0 Å². The minimum atomic E-state index is -0.360. The summed E-state index contributed by atoms with van der Waals surface area (Å²) in [5.74, 6) is 0.132. The van der Waals surface area contributed by atoms with Crippen molar-refractivity contribution in [2.24, 2.45) is 0 Å². The first kappa shape index (κ1) is 21.9. The number of hydrogen-bond donors (Lipinski definition) is 1. The lowest BCUT2D eigenvalue weighted by molar-refractivity contribution is 0.0950. The quantitative estimate of drug-likeness (QED) is 0.440. The molecule has 0 bridgehead atoms. The summed E-state index contributed by atoms with van der Waals surface area (Å²) in [6, 6.07) is 13.5. The zero-order chi connectivity index (χ0) is 21.3. The number of carbonyl (C=O) groups excluding carboxylic acids is 1.